The van der Waals surface area contributed by atoms with Crippen LogP contribution in [0.3, 0.4) is 0 Å². The molecular weight excluding hydrogens is 439 g/mol. The summed E-state index contributed by atoms with van der Waals surface area (Å²) in [6.45, 7) is 1.87. The van der Waals surface area contributed by atoms with E-state index >= 15 is 0 Å². The molecule has 0 spiro atoms. The van der Waals surface area contributed by atoms with Crippen molar-refractivity contribution in [3.8, 4) is 17.3 Å². The van der Waals surface area contributed by atoms with Gasteiger partial charge in [0.2, 0.25) is 5.95 Å². The molecule has 32 heavy (non-hydrogen) atoms. The molecule has 4 rings (SSSR count). The fourth-order valence-corrected chi connectivity index (χ4v) is 4.75. The Balaban J connectivity index is 1.57. The van der Waals surface area contributed by atoms with Gasteiger partial charge in [0, 0.05) is 28.7 Å². The van der Waals surface area contributed by atoms with E-state index in [4.69, 9.17) is 5.26 Å². The fraction of sp³-hybridized carbons (Fsp3) is 0.364. The minimum atomic E-state index is -4.55. The van der Waals surface area contributed by atoms with Gasteiger partial charge in [-0.2, -0.15) is 18.4 Å². The van der Waals surface area contributed by atoms with Crippen LogP contribution >= 0.6 is 11.3 Å². The van der Waals surface area contributed by atoms with Gasteiger partial charge in [-0.1, -0.05) is 0 Å². The summed E-state index contributed by atoms with van der Waals surface area (Å²) < 4.78 is 38.8. The molecule has 3 aromatic rings. The van der Waals surface area contributed by atoms with Gasteiger partial charge in [0.05, 0.1) is 11.8 Å². The van der Waals surface area contributed by atoms with Crippen LogP contribution in [0, 0.1) is 24.2 Å². The number of nitrogens with zero attached hydrogens (tertiary/aromatic N) is 4. The molecule has 1 fully saturated rings. The van der Waals surface area contributed by atoms with Crippen molar-refractivity contribution >= 4 is 23.0 Å². The zero-order valence-corrected chi connectivity index (χ0v) is 18.0. The highest BCUT2D eigenvalue weighted by molar-refractivity contribution is 7.10. The van der Waals surface area contributed by atoms with Gasteiger partial charge in [-0.3, -0.25) is 0 Å². The second-order valence-electron chi connectivity index (χ2n) is 7.95. The molecule has 166 valence electrons. The maximum atomic E-state index is 12.9. The molecule has 0 saturated heterocycles. The summed E-state index contributed by atoms with van der Waals surface area (Å²) in [5.74, 6) is -0.183. The van der Waals surface area contributed by atoms with Crippen molar-refractivity contribution in [2.24, 2.45) is 5.92 Å². The number of alkyl halides is 3. The van der Waals surface area contributed by atoms with Crippen LogP contribution in [-0.2, 0) is 11.8 Å². The summed E-state index contributed by atoms with van der Waals surface area (Å²) in [4.78, 5) is 12.1. The predicted molar refractivity (Wildman–Crippen MR) is 114 cm³/mol. The highest BCUT2D eigenvalue weighted by atomic mass is 32.1. The number of aromatic nitrogens is 3. The third-order valence-corrected chi connectivity index (χ3v) is 6.51. The molecule has 6 nitrogen and oxygen atoms in total. The van der Waals surface area contributed by atoms with E-state index in [9.17, 15) is 18.3 Å². The van der Waals surface area contributed by atoms with Gasteiger partial charge in [-0.25, -0.2) is 15.0 Å². The molecule has 1 aliphatic carbocycles. The van der Waals surface area contributed by atoms with Crippen molar-refractivity contribution in [1.29, 1.82) is 5.26 Å². The summed E-state index contributed by atoms with van der Waals surface area (Å²) in [5, 5.41) is 25.4. The predicted octanol–water partition coefficient (Wildman–Crippen LogP) is 5.57. The van der Waals surface area contributed by atoms with E-state index in [1.54, 1.807) is 12.1 Å². The first kappa shape index (κ1) is 22.2. The molecule has 1 aromatic carbocycles. The van der Waals surface area contributed by atoms with Crippen molar-refractivity contribution in [1.82, 2.24) is 15.0 Å². The first-order chi connectivity index (χ1) is 15.2. The first-order valence-electron chi connectivity index (χ1n) is 10.0. The van der Waals surface area contributed by atoms with Crippen LogP contribution < -0.4 is 5.32 Å². The zero-order chi connectivity index (χ0) is 22.9. The second-order valence-corrected chi connectivity index (χ2v) is 8.81. The number of anilines is 2. The van der Waals surface area contributed by atoms with E-state index in [2.05, 4.69) is 26.3 Å². The van der Waals surface area contributed by atoms with E-state index in [1.807, 2.05) is 18.4 Å². The SMILES string of the molecule is Cc1cc(Nc2nccc(C(F)(F)F)n2)cc(-c2csc(C3(O)CCC(C#N)CC3)n2)c1. The number of nitriles is 1. The van der Waals surface area contributed by atoms with Gasteiger partial charge in [-0.05, 0) is 62.4 Å². The molecule has 0 bridgehead atoms. The molecule has 2 N–H and O–H groups in total. The largest absolute Gasteiger partial charge is 0.433 e. The van der Waals surface area contributed by atoms with Crippen molar-refractivity contribution in [2.45, 2.75) is 44.4 Å². The van der Waals surface area contributed by atoms with Gasteiger partial charge in [0.15, 0.2) is 0 Å². The minimum Gasteiger partial charge on any atom is -0.383 e. The number of halogens is 3. The Morgan fingerprint density at radius 1 is 1.22 bits per heavy atom. The van der Waals surface area contributed by atoms with Crippen LogP contribution in [-0.4, -0.2) is 20.1 Å². The summed E-state index contributed by atoms with van der Waals surface area (Å²) in [5.41, 5.74) is 0.773. The van der Waals surface area contributed by atoms with Crippen LogP contribution in [0.25, 0.3) is 11.3 Å². The summed E-state index contributed by atoms with van der Waals surface area (Å²) in [6.07, 6.45) is -1.24. The summed E-state index contributed by atoms with van der Waals surface area (Å²) in [7, 11) is 0. The van der Waals surface area contributed by atoms with Crippen molar-refractivity contribution in [3.63, 3.8) is 0 Å². The molecule has 0 amide bonds. The third-order valence-electron chi connectivity index (χ3n) is 5.47. The van der Waals surface area contributed by atoms with Gasteiger partial charge < -0.3 is 10.4 Å². The van der Waals surface area contributed by atoms with E-state index in [0.29, 0.717) is 42.1 Å². The summed E-state index contributed by atoms with van der Waals surface area (Å²) in [6, 6.07) is 8.52. The topological polar surface area (TPSA) is 94.7 Å². The maximum Gasteiger partial charge on any atom is 0.433 e. The number of nitrogens with one attached hydrogen (secondary N) is 1. The Morgan fingerprint density at radius 2 is 1.97 bits per heavy atom. The molecular formula is C22H20F3N5OS. The van der Waals surface area contributed by atoms with Gasteiger partial charge >= 0.3 is 6.18 Å². The Bertz CT molecular complexity index is 1160. The number of hydrogen-bond donors (Lipinski definition) is 2. The molecule has 0 radical (unpaired) electrons. The van der Waals surface area contributed by atoms with Crippen LogP contribution in [0.15, 0.2) is 35.8 Å². The fourth-order valence-electron chi connectivity index (χ4n) is 3.77. The van der Waals surface area contributed by atoms with Crippen molar-refractivity contribution < 1.29 is 18.3 Å². The lowest BCUT2D eigenvalue weighted by Crippen LogP contribution is -2.31. The number of aliphatic hydroxyl groups is 1. The number of benzene rings is 1. The first-order valence-corrected chi connectivity index (χ1v) is 10.9. The number of rotatable bonds is 4. The number of thiazole rings is 1. The third kappa shape index (κ3) is 4.74. The molecule has 0 atom stereocenters. The Labute approximate surface area is 186 Å². The van der Waals surface area contributed by atoms with Gasteiger partial charge in [0.25, 0.3) is 0 Å². The number of aryl methyl sites for hydroxylation is 1. The summed E-state index contributed by atoms with van der Waals surface area (Å²) >= 11 is 1.36. The Kier molecular flexibility index (Phi) is 5.88. The Hall–Kier alpha value is -3.03. The van der Waals surface area contributed by atoms with E-state index in [0.717, 1.165) is 23.4 Å². The van der Waals surface area contributed by atoms with E-state index in [-0.39, 0.29) is 11.9 Å². The monoisotopic (exact) mass is 459 g/mol. The van der Waals surface area contributed by atoms with Crippen LogP contribution in [0.1, 0.15) is 41.9 Å². The number of hydrogen-bond acceptors (Lipinski definition) is 7. The second kappa shape index (κ2) is 8.48. The molecule has 2 aromatic heterocycles. The standard InChI is InChI=1S/C22H20F3N5OS/c1-13-8-15(10-16(9-13)28-20-27-7-4-18(30-20)22(23,24)25)17-12-32-19(29-17)21(31)5-2-14(11-26)3-6-21/h4,7-10,12,14,31H,2-3,5-6H2,1H3,(H,27,28,30). The molecule has 10 heteroatoms. The van der Waals surface area contributed by atoms with Crippen molar-refractivity contribution in [2.75, 3.05) is 5.32 Å². The Morgan fingerprint density at radius 3 is 2.66 bits per heavy atom. The van der Waals surface area contributed by atoms with Crippen LogP contribution in [0.5, 0.6) is 0 Å². The molecule has 1 saturated carbocycles. The van der Waals surface area contributed by atoms with E-state index < -0.39 is 17.5 Å². The molecule has 1 aliphatic rings. The van der Waals surface area contributed by atoms with Crippen molar-refractivity contribution in [3.05, 3.63) is 52.1 Å². The van der Waals surface area contributed by atoms with E-state index in [1.165, 1.54) is 11.3 Å². The normalized spacial score (nSPS) is 21.2. The van der Waals surface area contributed by atoms with Crippen LogP contribution in [0.4, 0.5) is 24.8 Å². The average molecular weight is 459 g/mol. The quantitative estimate of drug-likeness (QED) is 0.530. The highest BCUT2D eigenvalue weighted by Crippen LogP contribution is 2.41. The lowest BCUT2D eigenvalue weighted by Gasteiger charge is -2.32. The average Bonchev–Trinajstić information content (AvgIpc) is 3.25. The molecule has 0 aliphatic heterocycles. The minimum absolute atomic E-state index is 0.0295. The highest BCUT2D eigenvalue weighted by Gasteiger charge is 2.37. The van der Waals surface area contributed by atoms with Gasteiger partial charge in [-0.15, -0.1) is 11.3 Å². The van der Waals surface area contributed by atoms with Gasteiger partial charge in [0.1, 0.15) is 16.3 Å². The molecule has 0 unspecified atom stereocenters. The molecule has 2 heterocycles. The zero-order valence-electron chi connectivity index (χ0n) is 17.1. The van der Waals surface area contributed by atoms with Crippen LogP contribution in [0.2, 0.25) is 0 Å². The lowest BCUT2D eigenvalue weighted by atomic mass is 9.80. The maximum absolute atomic E-state index is 12.9. The smallest absolute Gasteiger partial charge is 0.383 e. The lowest BCUT2D eigenvalue weighted by molar-refractivity contribution is -0.141.